The van der Waals surface area contributed by atoms with Gasteiger partial charge in [-0.15, -0.1) is 0 Å². The normalized spacial score (nSPS) is 51.9. The van der Waals surface area contributed by atoms with Crippen LogP contribution in [0, 0.1) is 50.7 Å². The Kier molecular flexibility index (Phi) is 7.29. The summed E-state index contributed by atoms with van der Waals surface area (Å²) in [6.07, 6.45) is 7.22. The Bertz CT molecular complexity index is 1220. The lowest BCUT2D eigenvalue weighted by Gasteiger charge is -2.63. The summed E-state index contributed by atoms with van der Waals surface area (Å²) >= 11 is 0. The van der Waals surface area contributed by atoms with Crippen LogP contribution in [0.25, 0.3) is 0 Å². The van der Waals surface area contributed by atoms with Gasteiger partial charge < -0.3 is 29.2 Å². The SMILES string of the molecule is CC(=O)O[C@@H]([C@@H]1C[C@@H](C)[C@H]2[C@H](O1)[C@H](O)[C@@]1(C)[C@@H]3CC[C@H]4C(C)(C)[C@@H](OC(=O)C5CCCO5)CC[C@@]45C[C@@]35CC[C@]21C)C(C)(C)O. The Morgan fingerprint density at radius 2 is 1.67 bits per heavy atom. The highest BCUT2D eigenvalue weighted by Gasteiger charge is 2.84. The first-order valence-electron chi connectivity index (χ1n) is 18.0. The van der Waals surface area contributed by atoms with Gasteiger partial charge in [-0.1, -0.05) is 34.6 Å². The number of fused-ring (bicyclic) bond motifs is 4. The fourth-order valence-electron chi connectivity index (χ4n) is 13.6. The van der Waals surface area contributed by atoms with Gasteiger partial charge in [-0.2, -0.15) is 0 Å². The molecule has 1 unspecified atom stereocenters. The Morgan fingerprint density at radius 3 is 2.31 bits per heavy atom. The molecule has 254 valence electrons. The molecule has 2 N–H and O–H groups in total. The molecule has 5 saturated carbocycles. The fraction of sp³-hybridized carbons (Fsp3) is 0.946. The molecular weight excluding hydrogens is 572 g/mol. The first-order valence-corrected chi connectivity index (χ1v) is 18.0. The highest BCUT2D eigenvalue weighted by atomic mass is 16.6. The van der Waals surface area contributed by atoms with Crippen molar-refractivity contribution in [2.75, 3.05) is 6.61 Å². The van der Waals surface area contributed by atoms with Gasteiger partial charge in [0.25, 0.3) is 0 Å². The van der Waals surface area contributed by atoms with Crippen molar-refractivity contribution < 1.29 is 38.7 Å². The minimum absolute atomic E-state index is 0.0802. The number of hydrogen-bond donors (Lipinski definition) is 2. The molecule has 2 aliphatic heterocycles. The summed E-state index contributed by atoms with van der Waals surface area (Å²) in [5, 5.41) is 23.5. The van der Waals surface area contributed by atoms with Gasteiger partial charge in [0, 0.05) is 24.4 Å². The summed E-state index contributed by atoms with van der Waals surface area (Å²) in [5.41, 5.74) is -1.32. The summed E-state index contributed by atoms with van der Waals surface area (Å²) in [5.74, 6) is 0.727. The number of hydrogen-bond acceptors (Lipinski definition) is 8. The van der Waals surface area contributed by atoms with E-state index in [-0.39, 0.29) is 57.1 Å². The van der Waals surface area contributed by atoms with E-state index in [1.807, 2.05) is 0 Å². The van der Waals surface area contributed by atoms with Crippen LogP contribution in [-0.2, 0) is 28.5 Å². The van der Waals surface area contributed by atoms with Crippen molar-refractivity contribution in [3.8, 4) is 0 Å². The van der Waals surface area contributed by atoms with Gasteiger partial charge >= 0.3 is 11.9 Å². The van der Waals surface area contributed by atoms with E-state index in [0.717, 1.165) is 44.9 Å². The van der Waals surface area contributed by atoms with Crippen molar-refractivity contribution in [3.63, 3.8) is 0 Å². The molecule has 0 aromatic carbocycles. The number of carbonyl (C=O) groups excluding carboxylic acids is 2. The Morgan fingerprint density at radius 1 is 0.978 bits per heavy atom. The van der Waals surface area contributed by atoms with E-state index >= 15 is 0 Å². The summed E-state index contributed by atoms with van der Waals surface area (Å²) in [7, 11) is 0. The highest BCUT2D eigenvalue weighted by Crippen LogP contribution is 2.89. The predicted octanol–water partition coefficient (Wildman–Crippen LogP) is 5.59. The van der Waals surface area contributed by atoms with Crippen LogP contribution in [0.15, 0.2) is 0 Å². The van der Waals surface area contributed by atoms with Crippen molar-refractivity contribution in [2.24, 2.45) is 50.7 Å². The molecule has 0 aromatic heterocycles. The molecule has 2 spiro atoms. The number of ether oxygens (including phenoxy) is 4. The van der Waals surface area contributed by atoms with Gasteiger partial charge in [0.1, 0.15) is 6.10 Å². The van der Waals surface area contributed by atoms with Crippen LogP contribution >= 0.6 is 0 Å². The molecule has 0 aromatic rings. The van der Waals surface area contributed by atoms with Crippen LogP contribution in [0.3, 0.4) is 0 Å². The van der Waals surface area contributed by atoms with Crippen LogP contribution in [-0.4, -0.2) is 71.0 Å². The van der Waals surface area contributed by atoms with Crippen molar-refractivity contribution in [2.45, 2.75) is 162 Å². The number of esters is 2. The van der Waals surface area contributed by atoms with Crippen LogP contribution < -0.4 is 0 Å². The van der Waals surface area contributed by atoms with Gasteiger partial charge in [0.15, 0.2) is 12.2 Å². The van der Waals surface area contributed by atoms with E-state index in [2.05, 4.69) is 34.6 Å². The molecule has 0 amide bonds. The quantitative estimate of drug-likeness (QED) is 0.378. The topological polar surface area (TPSA) is 112 Å². The smallest absolute Gasteiger partial charge is 0.335 e. The second-order valence-electron chi connectivity index (χ2n) is 18.2. The van der Waals surface area contributed by atoms with Gasteiger partial charge in [-0.25, -0.2) is 4.79 Å². The van der Waals surface area contributed by atoms with Gasteiger partial charge in [-0.05, 0) is 118 Å². The number of rotatable bonds is 5. The molecule has 7 fully saturated rings. The average Bonchev–Trinajstić information content (AvgIpc) is 3.21. The van der Waals surface area contributed by atoms with Gasteiger partial charge in [0.2, 0.25) is 0 Å². The third-order valence-electron chi connectivity index (χ3n) is 15.5. The molecule has 0 radical (unpaired) electrons. The van der Waals surface area contributed by atoms with E-state index in [1.54, 1.807) is 13.8 Å². The van der Waals surface area contributed by atoms with Crippen molar-refractivity contribution in [1.29, 1.82) is 0 Å². The minimum atomic E-state index is -1.26. The highest BCUT2D eigenvalue weighted by molar-refractivity contribution is 5.75. The number of aliphatic hydroxyl groups is 2. The minimum Gasteiger partial charge on any atom is -0.460 e. The molecule has 45 heavy (non-hydrogen) atoms. The summed E-state index contributed by atoms with van der Waals surface area (Å²) in [4.78, 5) is 25.1. The van der Waals surface area contributed by atoms with Crippen molar-refractivity contribution in [1.82, 2.24) is 0 Å². The fourth-order valence-corrected chi connectivity index (χ4v) is 13.6. The molecule has 5 aliphatic carbocycles. The average molecular weight is 631 g/mol. The zero-order valence-electron chi connectivity index (χ0n) is 28.9. The van der Waals surface area contributed by atoms with Crippen LogP contribution in [0.2, 0.25) is 0 Å². The maximum atomic E-state index is 13.0. The van der Waals surface area contributed by atoms with E-state index in [4.69, 9.17) is 18.9 Å². The standard InChI is InChI=1S/C37H58O8/c1-20-18-23(30(33(5,6)41)43-21(2)38)44-28-27(20)34(7)15-16-37-19-36(37)14-13-26(45-31(40)22-10-9-17-42-22)32(3,4)24(36)11-12-25(37)35(34,8)29(28)39/h20,22-30,39,41H,9-19H2,1-8H3/t20-,22?,23+,24+,25+,26+,27+,28+,29+,30+,34-,35-,36-,37+/m1/s1. The largest absolute Gasteiger partial charge is 0.460 e. The molecule has 7 aliphatic rings. The zero-order chi connectivity index (χ0) is 32.5. The third-order valence-corrected chi connectivity index (χ3v) is 15.5. The zero-order valence-corrected chi connectivity index (χ0v) is 28.9. The summed E-state index contributed by atoms with van der Waals surface area (Å²) < 4.78 is 24.4. The first kappa shape index (κ1) is 32.3. The van der Waals surface area contributed by atoms with Crippen LogP contribution in [0.5, 0.6) is 0 Å². The second-order valence-corrected chi connectivity index (χ2v) is 18.2. The lowest BCUT2D eigenvalue weighted by atomic mass is 9.41. The lowest BCUT2D eigenvalue weighted by Crippen LogP contribution is -2.60. The second kappa shape index (κ2) is 10.1. The monoisotopic (exact) mass is 630 g/mol. The van der Waals surface area contributed by atoms with E-state index < -0.39 is 36.0 Å². The first-order chi connectivity index (χ1) is 20.9. The molecule has 14 atom stereocenters. The maximum absolute atomic E-state index is 13.0. The molecule has 7 rings (SSSR count). The molecule has 8 heteroatoms. The maximum Gasteiger partial charge on any atom is 0.335 e. The molecular formula is C37H58O8. The third kappa shape index (κ3) is 4.22. The molecule has 0 bridgehead atoms. The van der Waals surface area contributed by atoms with E-state index in [1.165, 1.54) is 19.8 Å². The summed E-state index contributed by atoms with van der Waals surface area (Å²) in [6, 6.07) is 0. The lowest BCUT2D eigenvalue weighted by molar-refractivity contribution is -0.216. The molecule has 8 nitrogen and oxygen atoms in total. The van der Waals surface area contributed by atoms with Gasteiger partial charge in [0.05, 0.1) is 23.9 Å². The molecule has 2 heterocycles. The predicted molar refractivity (Wildman–Crippen MR) is 167 cm³/mol. The van der Waals surface area contributed by atoms with Crippen molar-refractivity contribution >= 4 is 11.9 Å². The number of aliphatic hydroxyl groups excluding tert-OH is 1. The Balaban J connectivity index is 1.15. The Hall–Kier alpha value is -1.22. The van der Waals surface area contributed by atoms with Gasteiger partial charge in [-0.3, -0.25) is 4.79 Å². The molecule has 2 saturated heterocycles. The van der Waals surface area contributed by atoms with E-state index in [9.17, 15) is 19.8 Å². The summed E-state index contributed by atoms with van der Waals surface area (Å²) in [6.45, 7) is 17.1. The van der Waals surface area contributed by atoms with Crippen LogP contribution in [0.1, 0.15) is 120 Å². The Labute approximate surface area is 269 Å². The van der Waals surface area contributed by atoms with E-state index in [0.29, 0.717) is 24.9 Å². The van der Waals surface area contributed by atoms with Crippen molar-refractivity contribution in [3.05, 3.63) is 0 Å². The number of carbonyl (C=O) groups is 2. The van der Waals surface area contributed by atoms with Crippen LogP contribution in [0.4, 0.5) is 0 Å².